The summed E-state index contributed by atoms with van der Waals surface area (Å²) in [6, 6.07) is -0.316. The Kier molecular flexibility index (Phi) is 9.37. The molecule has 6 heteroatoms. The van der Waals surface area contributed by atoms with Crippen molar-refractivity contribution in [3.8, 4) is 0 Å². The Labute approximate surface area is 111 Å². The number of nitrogens with zero attached hydrogens (tertiary/aromatic N) is 1. The molecule has 0 aromatic carbocycles. The molecule has 1 unspecified atom stereocenters. The molecule has 1 atom stereocenters. The van der Waals surface area contributed by atoms with Crippen molar-refractivity contribution in [2.45, 2.75) is 45.6 Å². The van der Waals surface area contributed by atoms with Gasteiger partial charge in [-0.1, -0.05) is 26.7 Å². The molecule has 0 aliphatic carbocycles. The van der Waals surface area contributed by atoms with Gasteiger partial charge >= 0.3 is 5.97 Å². The number of carbonyl (C=O) groups excluding carboxylic acids is 2. The summed E-state index contributed by atoms with van der Waals surface area (Å²) < 4.78 is 4.42. The second kappa shape index (κ2) is 9.94. The van der Waals surface area contributed by atoms with Crippen LogP contribution in [-0.2, 0) is 14.3 Å². The summed E-state index contributed by atoms with van der Waals surface area (Å²) in [4.78, 5) is 23.9. The van der Waals surface area contributed by atoms with Crippen molar-refractivity contribution in [2.75, 3.05) is 20.2 Å². The minimum atomic E-state index is -0.456. The average molecular weight is 254 g/mol. The van der Waals surface area contributed by atoms with Crippen molar-refractivity contribution in [3.63, 3.8) is 0 Å². The Morgan fingerprint density at radius 2 is 2.00 bits per heavy atom. The highest BCUT2D eigenvalue weighted by atomic mass is 16.5. The zero-order valence-electron chi connectivity index (χ0n) is 11.6. The first-order chi connectivity index (χ1) is 8.56. The maximum Gasteiger partial charge on any atom is 0.325 e. The molecule has 0 aromatic rings. The van der Waals surface area contributed by atoms with Crippen LogP contribution in [-0.4, -0.2) is 50.9 Å². The molecule has 0 bridgehead atoms. The van der Waals surface area contributed by atoms with Gasteiger partial charge in [-0.2, -0.15) is 0 Å². The molecule has 1 aliphatic rings. The van der Waals surface area contributed by atoms with Crippen LogP contribution in [0.15, 0.2) is 0 Å². The Hall–Kier alpha value is -1.04. The molecule has 5 nitrogen and oxygen atoms in total. The van der Waals surface area contributed by atoms with Gasteiger partial charge in [0, 0.05) is 0 Å². The molecule has 2 radical (unpaired) electrons. The lowest BCUT2D eigenvalue weighted by atomic mass is 9.98. The van der Waals surface area contributed by atoms with Gasteiger partial charge in [0.15, 0.2) is 7.98 Å². The highest BCUT2D eigenvalue weighted by Crippen LogP contribution is 2.14. The zero-order chi connectivity index (χ0) is 14.0. The quantitative estimate of drug-likeness (QED) is 0.592. The molecule has 0 aromatic heterocycles. The average Bonchev–Trinajstić information content (AvgIpc) is 2.37. The van der Waals surface area contributed by atoms with Crippen LogP contribution >= 0.6 is 0 Å². The van der Waals surface area contributed by atoms with Gasteiger partial charge in [0.1, 0.15) is 6.54 Å². The Morgan fingerprint density at radius 3 is 2.50 bits per heavy atom. The minimum absolute atomic E-state index is 0.0975. The first kappa shape index (κ1) is 17.0. The highest BCUT2D eigenvalue weighted by molar-refractivity contribution is 6.07. The molecule has 1 N–H and O–H groups in total. The van der Waals surface area contributed by atoms with Crippen LogP contribution in [0.2, 0.25) is 0 Å². The molecule has 1 heterocycles. The number of esters is 1. The van der Waals surface area contributed by atoms with E-state index in [0.29, 0.717) is 0 Å². The fraction of sp³-hybridized carbons (Fsp3) is 0.833. The first-order valence-electron chi connectivity index (χ1n) is 6.42. The molecule has 0 spiro atoms. The molecule has 1 saturated heterocycles. The molecular formula is C12H23BN2O3. The summed E-state index contributed by atoms with van der Waals surface area (Å²) in [6.45, 7) is 4.87. The number of methoxy groups -OCH3 is 1. The van der Waals surface area contributed by atoms with E-state index in [2.05, 4.69) is 23.9 Å². The van der Waals surface area contributed by atoms with E-state index in [4.69, 9.17) is 7.98 Å². The Bertz CT molecular complexity index is 262. The third-order valence-corrected chi connectivity index (χ3v) is 2.48. The topological polar surface area (TPSA) is 58.6 Å². The monoisotopic (exact) mass is 254 g/mol. The zero-order valence-corrected chi connectivity index (χ0v) is 11.6. The summed E-state index contributed by atoms with van der Waals surface area (Å²) in [5, 5.41) is 2.50. The number of hydrogen-bond acceptors (Lipinski definition) is 4. The van der Waals surface area contributed by atoms with Crippen molar-refractivity contribution >= 4 is 19.9 Å². The van der Waals surface area contributed by atoms with Crippen LogP contribution in [0.5, 0.6) is 0 Å². The Morgan fingerprint density at radius 1 is 1.39 bits per heavy atom. The lowest BCUT2D eigenvalue weighted by Gasteiger charge is -2.31. The lowest BCUT2D eigenvalue weighted by molar-refractivity contribution is -0.141. The Balaban J connectivity index is 0.000000873. The van der Waals surface area contributed by atoms with Crippen molar-refractivity contribution in [1.82, 2.24) is 10.1 Å². The van der Waals surface area contributed by atoms with Gasteiger partial charge in [-0.05, 0) is 19.4 Å². The van der Waals surface area contributed by atoms with Crippen LogP contribution in [0, 0.1) is 0 Å². The van der Waals surface area contributed by atoms with E-state index in [1.807, 2.05) is 0 Å². The molecule has 1 fully saturated rings. The fourth-order valence-corrected chi connectivity index (χ4v) is 1.58. The van der Waals surface area contributed by atoms with E-state index in [1.165, 1.54) is 18.3 Å². The second-order valence-corrected chi connectivity index (χ2v) is 4.25. The number of amides is 1. The van der Waals surface area contributed by atoms with Crippen molar-refractivity contribution < 1.29 is 14.3 Å². The molecule has 1 amide bonds. The fourth-order valence-electron chi connectivity index (χ4n) is 1.58. The molecule has 1 aliphatic heterocycles. The lowest BCUT2D eigenvalue weighted by Crippen LogP contribution is -2.49. The van der Waals surface area contributed by atoms with Crippen molar-refractivity contribution in [3.05, 3.63) is 0 Å². The van der Waals surface area contributed by atoms with Gasteiger partial charge in [0.05, 0.1) is 13.2 Å². The first-order valence-corrected chi connectivity index (χ1v) is 6.42. The van der Waals surface area contributed by atoms with Gasteiger partial charge in [-0.3, -0.25) is 9.59 Å². The summed E-state index contributed by atoms with van der Waals surface area (Å²) in [5.74, 6) is -0.662. The third kappa shape index (κ3) is 6.64. The van der Waals surface area contributed by atoms with Crippen LogP contribution in [0.1, 0.15) is 39.5 Å². The normalized spacial score (nSPS) is 19.4. The van der Waals surface area contributed by atoms with Gasteiger partial charge in [0.2, 0.25) is 5.91 Å². The summed E-state index contributed by atoms with van der Waals surface area (Å²) >= 11 is 0. The van der Waals surface area contributed by atoms with Crippen molar-refractivity contribution in [1.29, 1.82) is 0 Å². The number of rotatable bonds is 3. The second-order valence-electron chi connectivity index (χ2n) is 4.25. The van der Waals surface area contributed by atoms with Crippen LogP contribution in [0.3, 0.4) is 0 Å². The van der Waals surface area contributed by atoms with Gasteiger partial charge in [-0.25, -0.2) is 0 Å². The van der Waals surface area contributed by atoms with Crippen LogP contribution < -0.4 is 5.32 Å². The summed E-state index contributed by atoms with van der Waals surface area (Å²) in [6.07, 6.45) is 3.99. The molecule has 1 rings (SSSR count). The van der Waals surface area contributed by atoms with Gasteiger partial charge in [0.25, 0.3) is 0 Å². The third-order valence-electron chi connectivity index (χ3n) is 2.48. The van der Waals surface area contributed by atoms with E-state index in [0.717, 1.165) is 25.8 Å². The van der Waals surface area contributed by atoms with E-state index in [1.54, 1.807) is 0 Å². The minimum Gasteiger partial charge on any atom is -0.468 e. The maximum atomic E-state index is 11.6. The molecular weight excluding hydrogens is 231 g/mol. The molecule has 102 valence electrons. The maximum absolute atomic E-state index is 11.6. The largest absolute Gasteiger partial charge is 0.468 e. The number of piperidine rings is 1. The predicted octanol–water partition coefficient (Wildman–Crippen LogP) is 0.630. The molecule has 0 saturated carbocycles. The van der Waals surface area contributed by atoms with Gasteiger partial charge < -0.3 is 14.9 Å². The highest BCUT2D eigenvalue weighted by Gasteiger charge is 2.25. The van der Waals surface area contributed by atoms with Crippen LogP contribution in [0.4, 0.5) is 0 Å². The summed E-state index contributed by atoms with van der Waals surface area (Å²) in [5.41, 5.74) is 0. The molecule has 18 heavy (non-hydrogen) atoms. The van der Waals surface area contributed by atoms with E-state index >= 15 is 0 Å². The number of hydrogen-bond donors (Lipinski definition) is 1. The van der Waals surface area contributed by atoms with E-state index in [9.17, 15) is 9.59 Å². The SMILES string of the molecule is CCC.[B]N1CCCCC1C(=O)NCC(=O)OC. The van der Waals surface area contributed by atoms with E-state index < -0.39 is 5.97 Å². The predicted molar refractivity (Wildman–Crippen MR) is 71.1 cm³/mol. The standard InChI is InChI=1S/C9H15BN2O3.C3H8/c1-15-8(13)6-11-9(14)7-4-2-3-5-12(7)10;1-3-2/h7H,2-6H2,1H3,(H,11,14);3H2,1-2H3. The van der Waals surface area contributed by atoms with Crippen LogP contribution in [0.25, 0.3) is 0 Å². The summed E-state index contributed by atoms with van der Waals surface area (Å²) in [7, 11) is 6.96. The van der Waals surface area contributed by atoms with Gasteiger partial charge in [-0.15, -0.1) is 0 Å². The number of nitrogens with one attached hydrogen (secondary N) is 1. The van der Waals surface area contributed by atoms with E-state index in [-0.39, 0.29) is 18.5 Å². The number of ether oxygens (including phenoxy) is 1. The number of carbonyl (C=O) groups is 2. The van der Waals surface area contributed by atoms with Crippen molar-refractivity contribution in [2.24, 2.45) is 0 Å². The smallest absolute Gasteiger partial charge is 0.325 e.